The Balaban J connectivity index is 1.63. The molecule has 1 heterocycles. The van der Waals surface area contributed by atoms with Crippen LogP contribution in [-0.2, 0) is 17.4 Å². The van der Waals surface area contributed by atoms with Gasteiger partial charge in [-0.25, -0.2) is 0 Å². The van der Waals surface area contributed by atoms with E-state index in [2.05, 4.69) is 5.32 Å². The number of hydrogen-bond donors (Lipinski definition) is 2. The molecule has 0 radical (unpaired) electrons. The summed E-state index contributed by atoms with van der Waals surface area (Å²) in [5, 5.41) is 14.1. The van der Waals surface area contributed by atoms with Crippen LogP contribution in [-0.4, -0.2) is 21.6 Å². The predicted octanol–water partition coefficient (Wildman–Crippen LogP) is 5.48. The molecule has 1 amide bonds. The molecular formula is C23H22Cl2N2O3. The zero-order valence-electron chi connectivity index (χ0n) is 16.7. The van der Waals surface area contributed by atoms with E-state index in [4.69, 9.17) is 23.2 Å². The van der Waals surface area contributed by atoms with Crippen molar-refractivity contribution in [3.8, 4) is 0 Å². The number of aliphatic carboxylic acids is 1. The molecule has 0 bridgehead atoms. The van der Waals surface area contributed by atoms with Gasteiger partial charge in [-0.2, -0.15) is 0 Å². The molecule has 0 saturated heterocycles. The van der Waals surface area contributed by atoms with Gasteiger partial charge in [-0.1, -0.05) is 47.5 Å². The molecule has 2 N–H and O–H groups in total. The lowest BCUT2D eigenvalue weighted by Gasteiger charge is -2.43. The number of hydrogen-bond acceptors (Lipinski definition) is 2. The SMILES string of the molecule is CC(C(=O)O)c1ccc(C2(NC(=O)c3cc4c(Cl)c(Cl)ccc4n3C)CCC2)cc1. The average molecular weight is 445 g/mol. The van der Waals surface area contributed by atoms with Crippen molar-refractivity contribution in [2.75, 3.05) is 0 Å². The van der Waals surface area contributed by atoms with Crippen molar-refractivity contribution in [1.29, 1.82) is 0 Å². The van der Waals surface area contributed by atoms with Crippen molar-refractivity contribution in [1.82, 2.24) is 9.88 Å². The number of amides is 1. The number of carboxylic acids is 1. The Labute approximate surface area is 184 Å². The van der Waals surface area contributed by atoms with E-state index in [1.807, 2.05) is 41.9 Å². The van der Waals surface area contributed by atoms with Crippen LogP contribution in [0.3, 0.4) is 0 Å². The van der Waals surface area contributed by atoms with Gasteiger partial charge in [-0.05, 0) is 55.5 Å². The summed E-state index contributed by atoms with van der Waals surface area (Å²) in [5.74, 6) is -1.61. The lowest BCUT2D eigenvalue weighted by Crippen LogP contribution is -2.51. The van der Waals surface area contributed by atoms with E-state index < -0.39 is 17.4 Å². The van der Waals surface area contributed by atoms with E-state index in [9.17, 15) is 14.7 Å². The molecule has 5 nitrogen and oxygen atoms in total. The van der Waals surface area contributed by atoms with Crippen LogP contribution in [0.2, 0.25) is 10.0 Å². The van der Waals surface area contributed by atoms with E-state index in [1.54, 1.807) is 19.1 Å². The number of aromatic nitrogens is 1. The van der Waals surface area contributed by atoms with Crippen LogP contribution in [0.5, 0.6) is 0 Å². The van der Waals surface area contributed by atoms with E-state index in [0.29, 0.717) is 15.7 Å². The molecule has 1 saturated carbocycles. The second kappa shape index (κ2) is 7.64. The smallest absolute Gasteiger partial charge is 0.310 e. The zero-order chi connectivity index (χ0) is 21.6. The third kappa shape index (κ3) is 3.36. The van der Waals surface area contributed by atoms with E-state index >= 15 is 0 Å². The van der Waals surface area contributed by atoms with Gasteiger partial charge in [0.1, 0.15) is 5.69 Å². The lowest BCUT2D eigenvalue weighted by molar-refractivity contribution is -0.138. The topological polar surface area (TPSA) is 71.3 Å². The Morgan fingerprint density at radius 3 is 2.37 bits per heavy atom. The number of halogens is 2. The Kier molecular flexibility index (Phi) is 5.28. The molecule has 3 aromatic rings. The van der Waals surface area contributed by atoms with Gasteiger partial charge in [-0.3, -0.25) is 9.59 Å². The second-order valence-electron chi connectivity index (χ2n) is 7.95. The number of nitrogens with zero attached hydrogens (tertiary/aromatic N) is 1. The monoisotopic (exact) mass is 444 g/mol. The standard InChI is InChI=1S/C23H22Cl2N2O3/c1-13(22(29)30)14-4-6-15(7-5-14)23(10-3-11-23)26-21(28)19-12-16-18(27(19)2)9-8-17(24)20(16)25/h4-9,12-13H,3,10-11H2,1-2H3,(H,26,28)(H,29,30). The lowest BCUT2D eigenvalue weighted by atomic mass is 9.71. The summed E-state index contributed by atoms with van der Waals surface area (Å²) in [7, 11) is 1.83. The van der Waals surface area contributed by atoms with Crippen molar-refractivity contribution in [2.24, 2.45) is 7.05 Å². The van der Waals surface area contributed by atoms with Crippen LogP contribution in [0.15, 0.2) is 42.5 Å². The third-order valence-electron chi connectivity index (χ3n) is 6.24. The minimum absolute atomic E-state index is 0.177. The van der Waals surface area contributed by atoms with E-state index in [1.165, 1.54) is 0 Å². The van der Waals surface area contributed by atoms with Crippen LogP contribution < -0.4 is 5.32 Å². The molecule has 1 atom stereocenters. The van der Waals surface area contributed by atoms with Crippen LogP contribution in [0, 0.1) is 0 Å². The first-order valence-electron chi connectivity index (χ1n) is 9.83. The average Bonchev–Trinajstić information content (AvgIpc) is 3.04. The molecule has 156 valence electrons. The van der Waals surface area contributed by atoms with Crippen molar-refractivity contribution < 1.29 is 14.7 Å². The van der Waals surface area contributed by atoms with Crippen molar-refractivity contribution in [3.63, 3.8) is 0 Å². The highest BCUT2D eigenvalue weighted by Crippen LogP contribution is 2.42. The number of carboxylic acid groups (broad SMARTS) is 1. The molecule has 7 heteroatoms. The maximum absolute atomic E-state index is 13.2. The molecule has 1 aliphatic rings. The number of benzene rings is 2. The quantitative estimate of drug-likeness (QED) is 0.546. The summed E-state index contributed by atoms with van der Waals surface area (Å²) in [6.45, 7) is 1.66. The molecule has 30 heavy (non-hydrogen) atoms. The Bertz CT molecular complexity index is 1150. The third-order valence-corrected chi connectivity index (χ3v) is 7.06. The molecule has 0 aliphatic heterocycles. The summed E-state index contributed by atoms with van der Waals surface area (Å²) in [6.07, 6.45) is 2.69. The predicted molar refractivity (Wildman–Crippen MR) is 118 cm³/mol. The van der Waals surface area contributed by atoms with Gasteiger partial charge in [0.15, 0.2) is 0 Å². The summed E-state index contributed by atoms with van der Waals surface area (Å²) in [6, 6.07) is 12.8. The zero-order valence-corrected chi connectivity index (χ0v) is 18.2. The maximum Gasteiger partial charge on any atom is 0.310 e. The van der Waals surface area contributed by atoms with Crippen molar-refractivity contribution in [3.05, 3.63) is 69.3 Å². The number of carbonyl (C=O) groups is 2. The number of nitrogens with one attached hydrogen (secondary N) is 1. The van der Waals surface area contributed by atoms with Crippen LogP contribution >= 0.6 is 23.2 Å². The number of aryl methyl sites for hydroxylation is 1. The molecule has 1 fully saturated rings. The Morgan fingerprint density at radius 2 is 1.80 bits per heavy atom. The minimum Gasteiger partial charge on any atom is -0.481 e. The van der Waals surface area contributed by atoms with Gasteiger partial charge in [0.05, 0.1) is 21.5 Å². The number of fused-ring (bicyclic) bond motifs is 1. The van der Waals surface area contributed by atoms with Crippen molar-refractivity contribution >= 4 is 46.0 Å². The summed E-state index contributed by atoms with van der Waals surface area (Å²) in [5.41, 5.74) is 2.64. The first-order chi connectivity index (χ1) is 14.2. The Hall–Kier alpha value is -2.50. The molecule has 1 unspecified atom stereocenters. The molecule has 0 spiro atoms. The summed E-state index contributed by atoms with van der Waals surface area (Å²) >= 11 is 12.5. The first-order valence-corrected chi connectivity index (χ1v) is 10.6. The molecular weight excluding hydrogens is 423 g/mol. The minimum atomic E-state index is -0.857. The van der Waals surface area contributed by atoms with Crippen LogP contribution in [0.1, 0.15) is 53.7 Å². The fraction of sp³-hybridized carbons (Fsp3) is 0.304. The van der Waals surface area contributed by atoms with Crippen LogP contribution in [0.25, 0.3) is 10.9 Å². The largest absolute Gasteiger partial charge is 0.481 e. The number of carbonyl (C=O) groups excluding carboxylic acids is 1. The maximum atomic E-state index is 13.2. The summed E-state index contributed by atoms with van der Waals surface area (Å²) in [4.78, 5) is 24.4. The molecule has 2 aromatic carbocycles. The highest BCUT2D eigenvalue weighted by Gasteiger charge is 2.40. The van der Waals surface area contributed by atoms with Gasteiger partial charge in [0.2, 0.25) is 0 Å². The highest BCUT2D eigenvalue weighted by atomic mass is 35.5. The highest BCUT2D eigenvalue weighted by molar-refractivity contribution is 6.45. The second-order valence-corrected chi connectivity index (χ2v) is 8.74. The van der Waals surface area contributed by atoms with Crippen molar-refractivity contribution in [2.45, 2.75) is 37.6 Å². The first kappa shape index (κ1) is 20.8. The molecule has 4 rings (SSSR count). The fourth-order valence-corrected chi connectivity index (χ4v) is 4.48. The normalized spacial score (nSPS) is 16.1. The van der Waals surface area contributed by atoms with Gasteiger partial charge in [0.25, 0.3) is 5.91 Å². The van der Waals surface area contributed by atoms with E-state index in [0.717, 1.165) is 41.3 Å². The summed E-state index contributed by atoms with van der Waals surface area (Å²) < 4.78 is 1.82. The number of rotatable bonds is 5. The molecule has 1 aliphatic carbocycles. The van der Waals surface area contributed by atoms with E-state index in [-0.39, 0.29) is 5.91 Å². The Morgan fingerprint density at radius 1 is 1.13 bits per heavy atom. The fourth-order valence-electron chi connectivity index (χ4n) is 4.10. The molecule has 1 aromatic heterocycles. The van der Waals surface area contributed by atoms with Gasteiger partial charge in [-0.15, -0.1) is 0 Å². The van der Waals surface area contributed by atoms with Gasteiger partial charge < -0.3 is 15.0 Å². The van der Waals surface area contributed by atoms with Crippen LogP contribution in [0.4, 0.5) is 0 Å². The van der Waals surface area contributed by atoms with Gasteiger partial charge >= 0.3 is 5.97 Å². The van der Waals surface area contributed by atoms with Gasteiger partial charge in [0, 0.05) is 18.0 Å².